The second-order valence-corrected chi connectivity index (χ2v) is 8.52. The monoisotopic (exact) mass is 465 g/mol. The van der Waals surface area contributed by atoms with Gasteiger partial charge in [0, 0.05) is 42.5 Å². The van der Waals surface area contributed by atoms with E-state index in [0.717, 1.165) is 40.9 Å². The van der Waals surface area contributed by atoms with Gasteiger partial charge in [-0.2, -0.15) is 0 Å². The van der Waals surface area contributed by atoms with Crippen molar-refractivity contribution < 1.29 is 4.79 Å². The fraction of sp³-hybridized carbons (Fsp3) is 0.529. The van der Waals surface area contributed by atoms with Gasteiger partial charge in [0.15, 0.2) is 0 Å². The molecule has 2 atom stereocenters. The number of amides is 1. The van der Waals surface area contributed by atoms with Crippen molar-refractivity contribution in [1.29, 1.82) is 0 Å². The first kappa shape index (κ1) is 20.9. The number of aromatic nitrogens is 1. The van der Waals surface area contributed by atoms with Crippen molar-refractivity contribution >= 4 is 68.2 Å². The number of benzene rings is 1. The Morgan fingerprint density at radius 1 is 1.28 bits per heavy atom. The Balaban J connectivity index is 0.00000113. The average Bonchev–Trinajstić information content (AvgIpc) is 3.07. The lowest BCUT2D eigenvalue weighted by atomic mass is 10.1. The minimum atomic E-state index is 0. The van der Waals surface area contributed by atoms with Gasteiger partial charge in [0.2, 0.25) is 5.91 Å². The van der Waals surface area contributed by atoms with E-state index in [1.54, 1.807) is 11.3 Å². The zero-order valence-corrected chi connectivity index (χ0v) is 17.8. The summed E-state index contributed by atoms with van der Waals surface area (Å²) in [5.74, 6) is 0.278. The van der Waals surface area contributed by atoms with E-state index in [4.69, 9.17) is 0 Å². The van der Waals surface area contributed by atoms with E-state index in [1.165, 1.54) is 17.5 Å². The second-order valence-electron chi connectivity index (χ2n) is 6.49. The van der Waals surface area contributed by atoms with Gasteiger partial charge >= 0.3 is 0 Å². The van der Waals surface area contributed by atoms with Crippen LogP contribution in [0.5, 0.6) is 0 Å². The standard InChI is InChI=1S/C17H20BrN3OS.2ClH/c18-11-1-4-15-14(9-11)20-16(23-15)5-6-17(22)21-8-7-12-2-3-13(10-21)19-12;;/h1,4,9,12-13,19H,2-3,5-8,10H2;2*1H. The van der Waals surface area contributed by atoms with E-state index in [-0.39, 0.29) is 30.7 Å². The van der Waals surface area contributed by atoms with Crippen molar-refractivity contribution in [2.45, 2.75) is 44.2 Å². The normalized spacial score (nSPS) is 22.2. The molecule has 138 valence electrons. The Hall–Kier alpha value is -0.400. The van der Waals surface area contributed by atoms with Crippen LogP contribution in [0.1, 0.15) is 30.7 Å². The van der Waals surface area contributed by atoms with Crippen LogP contribution in [0.15, 0.2) is 22.7 Å². The van der Waals surface area contributed by atoms with E-state index < -0.39 is 0 Å². The first-order valence-electron chi connectivity index (χ1n) is 8.26. The number of halogens is 3. The number of rotatable bonds is 3. The molecule has 2 unspecified atom stereocenters. The topological polar surface area (TPSA) is 45.2 Å². The number of hydrogen-bond acceptors (Lipinski definition) is 4. The predicted molar refractivity (Wildman–Crippen MR) is 111 cm³/mol. The van der Waals surface area contributed by atoms with Crippen molar-refractivity contribution in [3.8, 4) is 0 Å². The summed E-state index contributed by atoms with van der Waals surface area (Å²) in [6.07, 6.45) is 4.89. The Bertz CT molecular complexity index is 742. The lowest BCUT2D eigenvalue weighted by Crippen LogP contribution is -2.39. The fourth-order valence-corrected chi connectivity index (χ4v) is 4.89. The summed E-state index contributed by atoms with van der Waals surface area (Å²) < 4.78 is 2.23. The van der Waals surface area contributed by atoms with Gasteiger partial charge in [-0.3, -0.25) is 4.79 Å². The van der Waals surface area contributed by atoms with Crippen LogP contribution in [-0.2, 0) is 11.2 Å². The van der Waals surface area contributed by atoms with E-state index in [0.29, 0.717) is 18.5 Å². The maximum absolute atomic E-state index is 12.5. The van der Waals surface area contributed by atoms with E-state index in [1.807, 2.05) is 12.1 Å². The Kier molecular flexibility index (Phi) is 7.52. The van der Waals surface area contributed by atoms with Gasteiger partial charge in [-0.15, -0.1) is 36.2 Å². The first-order chi connectivity index (χ1) is 11.2. The van der Waals surface area contributed by atoms with Crippen LogP contribution in [0.4, 0.5) is 0 Å². The fourth-order valence-electron chi connectivity index (χ4n) is 3.60. The highest BCUT2D eigenvalue weighted by Gasteiger charge is 2.30. The molecule has 0 aliphatic carbocycles. The molecular weight excluding hydrogens is 445 g/mol. The van der Waals surface area contributed by atoms with Crippen LogP contribution in [-0.4, -0.2) is 41.0 Å². The van der Waals surface area contributed by atoms with Crippen molar-refractivity contribution in [3.05, 3.63) is 27.7 Å². The quantitative estimate of drug-likeness (QED) is 0.737. The molecule has 8 heteroatoms. The van der Waals surface area contributed by atoms with E-state index >= 15 is 0 Å². The Morgan fingerprint density at radius 3 is 2.92 bits per heavy atom. The molecule has 4 rings (SSSR count). The first-order valence-corrected chi connectivity index (χ1v) is 9.87. The third-order valence-corrected chi connectivity index (χ3v) is 6.41. The molecule has 0 spiro atoms. The van der Waals surface area contributed by atoms with Gasteiger partial charge < -0.3 is 10.2 Å². The molecular formula is C17H22BrCl2N3OS. The molecule has 25 heavy (non-hydrogen) atoms. The third-order valence-electron chi connectivity index (χ3n) is 4.82. The average molecular weight is 467 g/mol. The maximum Gasteiger partial charge on any atom is 0.223 e. The minimum absolute atomic E-state index is 0. The van der Waals surface area contributed by atoms with Crippen LogP contribution < -0.4 is 5.32 Å². The molecule has 2 aliphatic heterocycles. The number of fused-ring (bicyclic) bond motifs is 3. The predicted octanol–water partition coefficient (Wildman–Crippen LogP) is 4.19. The van der Waals surface area contributed by atoms with Gasteiger partial charge in [0.25, 0.3) is 0 Å². The molecule has 4 nitrogen and oxygen atoms in total. The van der Waals surface area contributed by atoms with Gasteiger partial charge in [0.05, 0.1) is 15.2 Å². The SMILES string of the molecule is Cl.Cl.O=C(CCc1nc2cc(Br)ccc2s1)N1CCC2CCC(C1)N2. The van der Waals surface area contributed by atoms with Crippen LogP contribution in [0.3, 0.4) is 0 Å². The second kappa shape index (κ2) is 9.00. The molecule has 0 saturated carbocycles. The molecule has 2 saturated heterocycles. The smallest absolute Gasteiger partial charge is 0.223 e. The number of hydrogen-bond donors (Lipinski definition) is 1. The minimum Gasteiger partial charge on any atom is -0.341 e. The summed E-state index contributed by atoms with van der Waals surface area (Å²) in [6, 6.07) is 7.29. The molecule has 2 bridgehead atoms. The zero-order chi connectivity index (χ0) is 15.8. The lowest BCUT2D eigenvalue weighted by Gasteiger charge is -2.24. The van der Waals surface area contributed by atoms with Crippen molar-refractivity contribution in [1.82, 2.24) is 15.2 Å². The highest BCUT2D eigenvalue weighted by atomic mass is 79.9. The maximum atomic E-state index is 12.5. The molecule has 1 aromatic carbocycles. The number of carbonyl (C=O) groups is 1. The Morgan fingerprint density at radius 2 is 2.08 bits per heavy atom. The zero-order valence-electron chi connectivity index (χ0n) is 13.7. The molecule has 2 fully saturated rings. The highest BCUT2D eigenvalue weighted by molar-refractivity contribution is 9.10. The summed E-state index contributed by atoms with van der Waals surface area (Å²) in [5, 5.41) is 4.68. The number of likely N-dealkylation sites (tertiary alicyclic amines) is 1. The number of nitrogens with one attached hydrogen (secondary N) is 1. The summed E-state index contributed by atoms with van der Waals surface area (Å²) in [6.45, 7) is 1.78. The number of aryl methyl sites for hydroxylation is 1. The summed E-state index contributed by atoms with van der Waals surface area (Å²) in [4.78, 5) is 19.2. The van der Waals surface area contributed by atoms with Crippen LogP contribution in [0, 0.1) is 0 Å². The van der Waals surface area contributed by atoms with Crippen molar-refractivity contribution in [2.75, 3.05) is 13.1 Å². The van der Waals surface area contributed by atoms with Crippen LogP contribution in [0.2, 0.25) is 0 Å². The molecule has 2 aliphatic rings. The lowest BCUT2D eigenvalue weighted by molar-refractivity contribution is -0.131. The van der Waals surface area contributed by atoms with Gasteiger partial charge in [-0.25, -0.2) is 4.98 Å². The van der Waals surface area contributed by atoms with Crippen molar-refractivity contribution in [2.24, 2.45) is 0 Å². The molecule has 2 aromatic rings. The van der Waals surface area contributed by atoms with Crippen LogP contribution in [0.25, 0.3) is 10.2 Å². The molecule has 1 aromatic heterocycles. The number of thiazole rings is 1. The van der Waals surface area contributed by atoms with Crippen LogP contribution >= 0.6 is 52.1 Å². The summed E-state index contributed by atoms with van der Waals surface area (Å²) in [7, 11) is 0. The summed E-state index contributed by atoms with van der Waals surface area (Å²) in [5.41, 5.74) is 1.02. The van der Waals surface area contributed by atoms with E-state index in [2.05, 4.69) is 37.2 Å². The number of carbonyl (C=O) groups excluding carboxylic acids is 1. The molecule has 0 radical (unpaired) electrons. The van der Waals surface area contributed by atoms with Gasteiger partial charge in [0.1, 0.15) is 0 Å². The Labute approximate surface area is 172 Å². The molecule has 3 heterocycles. The molecule has 1 amide bonds. The van der Waals surface area contributed by atoms with Gasteiger partial charge in [-0.05, 0) is 37.5 Å². The summed E-state index contributed by atoms with van der Waals surface area (Å²) >= 11 is 5.17. The van der Waals surface area contributed by atoms with E-state index in [9.17, 15) is 4.79 Å². The van der Waals surface area contributed by atoms with Gasteiger partial charge in [-0.1, -0.05) is 15.9 Å². The number of nitrogens with zero attached hydrogens (tertiary/aromatic N) is 2. The molecule has 1 N–H and O–H groups in total. The van der Waals surface area contributed by atoms with Crippen molar-refractivity contribution in [3.63, 3.8) is 0 Å². The largest absolute Gasteiger partial charge is 0.341 e. The highest BCUT2D eigenvalue weighted by Crippen LogP contribution is 2.26. The third kappa shape index (κ3) is 4.86.